The highest BCUT2D eigenvalue weighted by atomic mass is 32.2. The summed E-state index contributed by atoms with van der Waals surface area (Å²) in [6, 6.07) is 5.99. The van der Waals surface area contributed by atoms with Gasteiger partial charge in [-0.3, -0.25) is 9.48 Å². The molecule has 0 bridgehead atoms. The van der Waals surface area contributed by atoms with E-state index in [2.05, 4.69) is 27.5 Å². The van der Waals surface area contributed by atoms with E-state index in [1.165, 1.54) is 33.3 Å². The number of hydrogen-bond donors (Lipinski definition) is 1. The average Bonchev–Trinajstić information content (AvgIpc) is 3.44. The molecular weight excluding hydrogens is 444 g/mol. The van der Waals surface area contributed by atoms with Gasteiger partial charge in [-0.2, -0.15) is 14.4 Å². The van der Waals surface area contributed by atoms with Crippen molar-refractivity contribution in [2.24, 2.45) is 13.0 Å². The van der Waals surface area contributed by atoms with Gasteiger partial charge >= 0.3 is 0 Å². The van der Waals surface area contributed by atoms with Gasteiger partial charge in [-0.05, 0) is 55.9 Å². The van der Waals surface area contributed by atoms with Gasteiger partial charge in [-0.15, -0.1) is 0 Å². The summed E-state index contributed by atoms with van der Waals surface area (Å²) in [4.78, 5) is 17.5. The Morgan fingerprint density at radius 3 is 2.48 bits per heavy atom. The van der Waals surface area contributed by atoms with Crippen LogP contribution in [0.2, 0.25) is 0 Å². The van der Waals surface area contributed by atoms with Crippen LogP contribution < -0.4 is 5.32 Å². The Kier molecular flexibility index (Phi) is 5.53. The number of benzene rings is 1. The molecule has 2 fully saturated rings. The highest BCUT2D eigenvalue weighted by molar-refractivity contribution is 7.89. The summed E-state index contributed by atoms with van der Waals surface area (Å²) in [5.74, 6) is 1.89. The molecule has 0 unspecified atom stereocenters. The first-order chi connectivity index (χ1) is 15.8. The van der Waals surface area contributed by atoms with Gasteiger partial charge in [0.05, 0.1) is 11.1 Å². The normalized spacial score (nSPS) is 17.9. The van der Waals surface area contributed by atoms with Crippen molar-refractivity contribution in [1.29, 1.82) is 0 Å². The molecule has 0 radical (unpaired) electrons. The van der Waals surface area contributed by atoms with Gasteiger partial charge < -0.3 is 9.84 Å². The number of hydrogen-bond acceptors (Lipinski definition) is 7. The minimum Gasteiger partial charge on any atom is -0.334 e. The van der Waals surface area contributed by atoms with E-state index in [0.717, 1.165) is 25.7 Å². The van der Waals surface area contributed by atoms with Crippen molar-refractivity contribution >= 4 is 21.7 Å². The molecule has 174 valence electrons. The Morgan fingerprint density at radius 1 is 1.12 bits per heavy atom. The number of aromatic nitrogens is 4. The Labute approximate surface area is 192 Å². The zero-order chi connectivity index (χ0) is 23.2. The zero-order valence-electron chi connectivity index (χ0n) is 18.6. The van der Waals surface area contributed by atoms with Gasteiger partial charge in [-0.25, -0.2) is 8.42 Å². The van der Waals surface area contributed by atoms with E-state index in [9.17, 15) is 13.2 Å². The lowest BCUT2D eigenvalue weighted by atomic mass is 10.0. The second-order valence-electron chi connectivity index (χ2n) is 8.83. The van der Waals surface area contributed by atoms with Gasteiger partial charge in [0.15, 0.2) is 5.82 Å². The minimum atomic E-state index is -3.57. The monoisotopic (exact) mass is 470 g/mol. The van der Waals surface area contributed by atoms with Crippen LogP contribution in [-0.2, 0) is 17.1 Å². The minimum absolute atomic E-state index is 0.188. The third-order valence-electron chi connectivity index (χ3n) is 6.28. The highest BCUT2D eigenvalue weighted by Crippen LogP contribution is 2.39. The second-order valence-corrected chi connectivity index (χ2v) is 10.8. The number of piperidine rings is 1. The number of sulfonamides is 1. The molecule has 2 aliphatic rings. The summed E-state index contributed by atoms with van der Waals surface area (Å²) in [5, 5.41) is 11.1. The lowest BCUT2D eigenvalue weighted by molar-refractivity contribution is 0.102. The summed E-state index contributed by atoms with van der Waals surface area (Å²) in [6.45, 7) is 3.18. The predicted octanol–water partition coefficient (Wildman–Crippen LogP) is 3.02. The van der Waals surface area contributed by atoms with E-state index in [-0.39, 0.29) is 4.90 Å². The molecule has 2 aromatic heterocycles. The van der Waals surface area contributed by atoms with E-state index in [1.807, 2.05) is 0 Å². The number of rotatable bonds is 6. The lowest BCUT2D eigenvalue weighted by Gasteiger charge is -2.29. The molecule has 10 nitrogen and oxygen atoms in total. The number of aryl methyl sites for hydroxylation is 1. The molecule has 0 spiro atoms. The molecule has 0 atom stereocenters. The van der Waals surface area contributed by atoms with Crippen molar-refractivity contribution in [2.75, 3.05) is 18.4 Å². The Balaban J connectivity index is 1.32. The smallest absolute Gasteiger partial charge is 0.263 e. The summed E-state index contributed by atoms with van der Waals surface area (Å²) < 4.78 is 34.3. The molecule has 1 saturated heterocycles. The third kappa shape index (κ3) is 4.30. The zero-order valence-corrected chi connectivity index (χ0v) is 19.4. The van der Waals surface area contributed by atoms with Gasteiger partial charge in [0.25, 0.3) is 11.8 Å². The van der Waals surface area contributed by atoms with Crippen molar-refractivity contribution in [1.82, 2.24) is 24.2 Å². The van der Waals surface area contributed by atoms with E-state index in [1.54, 1.807) is 13.2 Å². The van der Waals surface area contributed by atoms with Gasteiger partial charge in [0.1, 0.15) is 11.4 Å². The summed E-state index contributed by atoms with van der Waals surface area (Å²) in [5.41, 5.74) is 0.862. The summed E-state index contributed by atoms with van der Waals surface area (Å²) in [7, 11) is -1.87. The van der Waals surface area contributed by atoms with E-state index < -0.39 is 15.9 Å². The Hall–Kier alpha value is -3.05. The van der Waals surface area contributed by atoms with Crippen LogP contribution in [0.3, 0.4) is 0 Å². The number of carbonyl (C=O) groups is 1. The largest absolute Gasteiger partial charge is 0.334 e. The SMILES string of the molecule is CC1CCN(S(=O)(=O)c2ccc(C(=O)Nc3c(-c4nc(C5CC5)no4)cnn3C)cc2)CC1. The first-order valence-corrected chi connectivity index (χ1v) is 12.5. The maximum absolute atomic E-state index is 12.9. The van der Waals surface area contributed by atoms with Crippen molar-refractivity contribution in [3.05, 3.63) is 41.9 Å². The van der Waals surface area contributed by atoms with E-state index in [4.69, 9.17) is 4.52 Å². The first kappa shape index (κ1) is 21.8. The van der Waals surface area contributed by atoms with Gasteiger partial charge in [0, 0.05) is 31.6 Å². The molecule has 1 aromatic carbocycles. The number of nitrogens with zero attached hydrogens (tertiary/aromatic N) is 5. The molecule has 5 rings (SSSR count). The third-order valence-corrected chi connectivity index (χ3v) is 8.20. The molecule has 3 heterocycles. The van der Waals surface area contributed by atoms with Crippen molar-refractivity contribution < 1.29 is 17.7 Å². The van der Waals surface area contributed by atoms with Crippen LogP contribution in [0.1, 0.15) is 54.7 Å². The number of nitrogens with one attached hydrogen (secondary N) is 1. The quantitative estimate of drug-likeness (QED) is 0.587. The topological polar surface area (TPSA) is 123 Å². The van der Waals surface area contributed by atoms with Gasteiger partial charge in [0.2, 0.25) is 10.0 Å². The Morgan fingerprint density at radius 2 is 1.82 bits per heavy atom. The fourth-order valence-electron chi connectivity index (χ4n) is 3.93. The van der Waals surface area contributed by atoms with Crippen LogP contribution in [0, 0.1) is 5.92 Å². The second kappa shape index (κ2) is 8.38. The maximum atomic E-state index is 12.9. The molecule has 3 aromatic rings. The van der Waals surface area contributed by atoms with Crippen molar-refractivity contribution in [2.45, 2.75) is 43.4 Å². The van der Waals surface area contributed by atoms with Crippen LogP contribution in [0.25, 0.3) is 11.5 Å². The molecule has 1 amide bonds. The summed E-state index contributed by atoms with van der Waals surface area (Å²) in [6.07, 6.45) is 5.38. The Bertz CT molecular complexity index is 1270. The number of anilines is 1. The fourth-order valence-corrected chi connectivity index (χ4v) is 5.40. The van der Waals surface area contributed by atoms with Crippen LogP contribution in [0.15, 0.2) is 39.9 Å². The van der Waals surface area contributed by atoms with Crippen LogP contribution in [0.4, 0.5) is 5.82 Å². The molecule has 1 aliphatic carbocycles. The van der Waals surface area contributed by atoms with Gasteiger partial charge in [-0.1, -0.05) is 12.1 Å². The van der Waals surface area contributed by atoms with Crippen LogP contribution in [0.5, 0.6) is 0 Å². The van der Waals surface area contributed by atoms with Crippen molar-refractivity contribution in [3.63, 3.8) is 0 Å². The highest BCUT2D eigenvalue weighted by Gasteiger charge is 2.30. The molecular formula is C22H26N6O4S. The fraction of sp³-hybridized carbons (Fsp3) is 0.455. The molecule has 11 heteroatoms. The number of amides is 1. The standard InChI is InChI=1S/C22H26N6O4S/c1-14-9-11-28(12-10-14)33(30,31)17-7-5-16(6-8-17)21(29)25-20-18(13-23-27(20)2)22-24-19(26-32-22)15-3-4-15/h5-8,13-15H,3-4,9-12H2,1-2H3,(H,25,29). The van der Waals surface area contributed by atoms with E-state index >= 15 is 0 Å². The molecule has 1 N–H and O–H groups in total. The molecule has 1 saturated carbocycles. The maximum Gasteiger partial charge on any atom is 0.263 e. The molecule has 1 aliphatic heterocycles. The first-order valence-electron chi connectivity index (χ1n) is 11.1. The molecule has 33 heavy (non-hydrogen) atoms. The van der Waals surface area contributed by atoms with Crippen LogP contribution in [-0.4, -0.2) is 51.6 Å². The number of carbonyl (C=O) groups excluding carboxylic acids is 1. The summed E-state index contributed by atoms with van der Waals surface area (Å²) >= 11 is 0. The van der Waals surface area contributed by atoms with Crippen molar-refractivity contribution in [3.8, 4) is 11.5 Å². The van der Waals surface area contributed by atoms with E-state index in [0.29, 0.717) is 53.6 Å². The van der Waals surface area contributed by atoms with Crippen LogP contribution >= 0.6 is 0 Å². The predicted molar refractivity (Wildman–Crippen MR) is 120 cm³/mol. The average molecular weight is 471 g/mol. The lowest BCUT2D eigenvalue weighted by Crippen LogP contribution is -2.37.